The Balaban J connectivity index is 1.60. The Morgan fingerprint density at radius 1 is 1.31 bits per heavy atom. The third-order valence-corrected chi connectivity index (χ3v) is 5.76. The van der Waals surface area contributed by atoms with Gasteiger partial charge in [0.05, 0.1) is 24.5 Å². The molecule has 7 heteroatoms. The standard InChI is InChI=1S/C19H20ClN3O2S/c1-13-17(7-9-24-13)18-21-22-19(23(18)11-16-6-3-8-25-16)26-12-14-4-2-5-15(20)10-14/h2,4-5,7,9-10,16H,3,6,8,11-12H2,1H3. The van der Waals surface area contributed by atoms with Gasteiger partial charge in [-0.3, -0.25) is 4.57 Å². The van der Waals surface area contributed by atoms with Crippen molar-refractivity contribution in [3.8, 4) is 11.4 Å². The van der Waals surface area contributed by atoms with E-state index in [1.807, 2.05) is 31.2 Å². The predicted octanol–water partition coefficient (Wildman–Crippen LogP) is 4.97. The molecular formula is C19H20ClN3O2S. The zero-order chi connectivity index (χ0) is 17.9. The summed E-state index contributed by atoms with van der Waals surface area (Å²) in [5.41, 5.74) is 2.14. The third kappa shape index (κ3) is 3.82. The van der Waals surface area contributed by atoms with Crippen LogP contribution in [0.3, 0.4) is 0 Å². The molecule has 136 valence electrons. The van der Waals surface area contributed by atoms with E-state index >= 15 is 0 Å². The SMILES string of the molecule is Cc1occc1-c1nnc(SCc2cccc(Cl)c2)n1CC1CCCO1. The second kappa shape index (κ2) is 7.86. The molecule has 1 unspecified atom stereocenters. The van der Waals surface area contributed by atoms with E-state index in [9.17, 15) is 0 Å². The molecule has 0 bridgehead atoms. The summed E-state index contributed by atoms with van der Waals surface area (Å²) in [4.78, 5) is 0. The number of hydrogen-bond donors (Lipinski definition) is 0. The second-order valence-electron chi connectivity index (χ2n) is 6.36. The molecule has 0 saturated carbocycles. The lowest BCUT2D eigenvalue weighted by Gasteiger charge is -2.14. The number of rotatable bonds is 6. The van der Waals surface area contributed by atoms with Gasteiger partial charge in [0.15, 0.2) is 11.0 Å². The van der Waals surface area contributed by atoms with E-state index in [0.717, 1.165) is 64.6 Å². The minimum atomic E-state index is 0.211. The summed E-state index contributed by atoms with van der Waals surface area (Å²) in [5, 5.41) is 10.5. The highest BCUT2D eigenvalue weighted by molar-refractivity contribution is 7.98. The summed E-state index contributed by atoms with van der Waals surface area (Å²) in [5.74, 6) is 2.46. The van der Waals surface area contributed by atoms with Crippen LogP contribution in [0.1, 0.15) is 24.2 Å². The van der Waals surface area contributed by atoms with Crippen LogP contribution in [0.15, 0.2) is 46.2 Å². The van der Waals surface area contributed by atoms with Gasteiger partial charge in [0.25, 0.3) is 0 Å². The van der Waals surface area contributed by atoms with Crippen LogP contribution in [-0.2, 0) is 17.0 Å². The molecule has 0 radical (unpaired) electrons. The Bertz CT molecular complexity index is 887. The summed E-state index contributed by atoms with van der Waals surface area (Å²) in [7, 11) is 0. The van der Waals surface area contributed by atoms with E-state index < -0.39 is 0 Å². The molecule has 0 spiro atoms. The van der Waals surface area contributed by atoms with E-state index in [1.165, 1.54) is 0 Å². The average molecular weight is 390 g/mol. The quantitative estimate of drug-likeness (QED) is 0.557. The predicted molar refractivity (Wildman–Crippen MR) is 102 cm³/mol. The van der Waals surface area contributed by atoms with E-state index in [4.69, 9.17) is 20.8 Å². The van der Waals surface area contributed by atoms with E-state index in [0.29, 0.717) is 0 Å². The monoisotopic (exact) mass is 389 g/mol. The van der Waals surface area contributed by atoms with Crippen LogP contribution in [0.2, 0.25) is 5.02 Å². The number of thioether (sulfide) groups is 1. The molecule has 26 heavy (non-hydrogen) atoms. The summed E-state index contributed by atoms with van der Waals surface area (Å²) >= 11 is 7.75. The maximum Gasteiger partial charge on any atom is 0.191 e. The molecule has 2 aromatic heterocycles. The molecular weight excluding hydrogens is 370 g/mol. The van der Waals surface area contributed by atoms with Crippen molar-refractivity contribution in [2.75, 3.05) is 6.61 Å². The molecule has 1 fully saturated rings. The molecule has 0 N–H and O–H groups in total. The fraction of sp³-hybridized carbons (Fsp3) is 0.368. The first-order valence-electron chi connectivity index (χ1n) is 8.67. The highest BCUT2D eigenvalue weighted by Crippen LogP contribution is 2.30. The van der Waals surface area contributed by atoms with Crippen LogP contribution in [0.4, 0.5) is 0 Å². The normalized spacial score (nSPS) is 17.1. The van der Waals surface area contributed by atoms with Gasteiger partial charge in [0.1, 0.15) is 5.76 Å². The van der Waals surface area contributed by atoms with E-state index in [-0.39, 0.29) is 6.10 Å². The van der Waals surface area contributed by atoms with Crippen molar-refractivity contribution in [2.45, 2.75) is 43.3 Å². The van der Waals surface area contributed by atoms with Crippen molar-refractivity contribution in [1.82, 2.24) is 14.8 Å². The van der Waals surface area contributed by atoms with E-state index in [2.05, 4.69) is 20.8 Å². The Labute approximate surface area is 161 Å². The van der Waals surface area contributed by atoms with E-state index in [1.54, 1.807) is 18.0 Å². The zero-order valence-corrected chi connectivity index (χ0v) is 16.1. The smallest absolute Gasteiger partial charge is 0.191 e. The number of halogens is 1. The average Bonchev–Trinajstić information content (AvgIpc) is 3.36. The number of hydrogen-bond acceptors (Lipinski definition) is 5. The lowest BCUT2D eigenvalue weighted by Crippen LogP contribution is -2.16. The van der Waals surface area contributed by atoms with Gasteiger partial charge in [0, 0.05) is 17.4 Å². The maximum atomic E-state index is 6.09. The van der Waals surface area contributed by atoms with Crippen molar-refractivity contribution in [3.63, 3.8) is 0 Å². The minimum Gasteiger partial charge on any atom is -0.469 e. The molecule has 0 aliphatic carbocycles. The van der Waals surface area contributed by atoms with Gasteiger partial charge in [-0.2, -0.15) is 0 Å². The number of furan rings is 1. The molecule has 4 rings (SSSR count). The fourth-order valence-corrected chi connectivity index (χ4v) is 4.25. The first-order valence-corrected chi connectivity index (χ1v) is 10.0. The minimum absolute atomic E-state index is 0.211. The second-order valence-corrected chi connectivity index (χ2v) is 7.74. The van der Waals surface area contributed by atoms with Crippen molar-refractivity contribution < 1.29 is 9.15 Å². The maximum absolute atomic E-state index is 6.09. The third-order valence-electron chi connectivity index (χ3n) is 4.48. The highest BCUT2D eigenvalue weighted by atomic mass is 35.5. The Morgan fingerprint density at radius 3 is 2.96 bits per heavy atom. The van der Waals surface area contributed by atoms with Gasteiger partial charge in [-0.25, -0.2) is 0 Å². The lowest BCUT2D eigenvalue weighted by molar-refractivity contribution is 0.0953. The first kappa shape index (κ1) is 17.6. The van der Waals surface area contributed by atoms with Gasteiger partial charge in [-0.1, -0.05) is 35.5 Å². The lowest BCUT2D eigenvalue weighted by atomic mass is 10.2. The van der Waals surface area contributed by atoms with Crippen LogP contribution < -0.4 is 0 Å². The summed E-state index contributed by atoms with van der Waals surface area (Å²) in [6, 6.07) is 9.85. The molecule has 1 aliphatic heterocycles. The number of nitrogens with zero attached hydrogens (tertiary/aromatic N) is 3. The Kier molecular flexibility index (Phi) is 5.33. The summed E-state index contributed by atoms with van der Waals surface area (Å²) in [6.07, 6.45) is 4.08. The number of aryl methyl sites for hydroxylation is 1. The van der Waals surface area contributed by atoms with Crippen molar-refractivity contribution in [1.29, 1.82) is 0 Å². The molecule has 1 aliphatic rings. The largest absolute Gasteiger partial charge is 0.469 e. The molecule has 5 nitrogen and oxygen atoms in total. The summed E-state index contributed by atoms with van der Waals surface area (Å²) < 4.78 is 13.5. The molecule has 3 aromatic rings. The van der Waals surface area contributed by atoms with Crippen molar-refractivity contribution >= 4 is 23.4 Å². The highest BCUT2D eigenvalue weighted by Gasteiger charge is 2.23. The molecule has 3 heterocycles. The van der Waals surface area contributed by atoms with Gasteiger partial charge >= 0.3 is 0 Å². The van der Waals surface area contributed by atoms with Gasteiger partial charge < -0.3 is 9.15 Å². The molecule has 0 amide bonds. The van der Waals surface area contributed by atoms with Crippen LogP contribution in [-0.4, -0.2) is 27.5 Å². The topological polar surface area (TPSA) is 53.1 Å². The first-order chi connectivity index (χ1) is 12.7. The van der Waals surface area contributed by atoms with Crippen molar-refractivity contribution in [2.24, 2.45) is 0 Å². The number of aromatic nitrogens is 3. The molecule has 1 saturated heterocycles. The van der Waals surface area contributed by atoms with Crippen LogP contribution in [0.25, 0.3) is 11.4 Å². The molecule has 1 atom stereocenters. The van der Waals surface area contributed by atoms with Gasteiger partial charge in [0.2, 0.25) is 0 Å². The van der Waals surface area contributed by atoms with Gasteiger partial charge in [-0.15, -0.1) is 10.2 Å². The Morgan fingerprint density at radius 2 is 2.23 bits per heavy atom. The molecule has 1 aromatic carbocycles. The fourth-order valence-electron chi connectivity index (χ4n) is 3.14. The van der Waals surface area contributed by atoms with Crippen LogP contribution in [0, 0.1) is 6.92 Å². The van der Waals surface area contributed by atoms with Crippen LogP contribution >= 0.6 is 23.4 Å². The van der Waals surface area contributed by atoms with Crippen molar-refractivity contribution in [3.05, 3.63) is 52.9 Å². The van der Waals surface area contributed by atoms with Crippen LogP contribution in [0.5, 0.6) is 0 Å². The summed E-state index contributed by atoms with van der Waals surface area (Å²) in [6.45, 7) is 3.53. The Hall–Kier alpha value is -1.76. The van der Waals surface area contributed by atoms with Gasteiger partial charge in [-0.05, 0) is 43.5 Å². The zero-order valence-electron chi connectivity index (χ0n) is 14.5. The number of benzene rings is 1. The number of ether oxygens (including phenoxy) is 1.